The molecule has 1 heterocycles. The van der Waals surface area contributed by atoms with Crippen molar-refractivity contribution in [3.63, 3.8) is 0 Å². The Morgan fingerprint density at radius 2 is 2.00 bits per heavy atom. The molecule has 0 aliphatic carbocycles. The van der Waals surface area contributed by atoms with E-state index in [4.69, 9.17) is 0 Å². The highest BCUT2D eigenvalue weighted by molar-refractivity contribution is 5.95. The van der Waals surface area contributed by atoms with Gasteiger partial charge in [-0.25, -0.2) is 0 Å². The second-order valence-electron chi connectivity index (χ2n) is 3.46. The average Bonchev–Trinajstić information content (AvgIpc) is 2.66. The molecule has 1 saturated heterocycles. The van der Waals surface area contributed by atoms with Crippen LogP contribution in [-0.2, 0) is 9.59 Å². The van der Waals surface area contributed by atoms with Crippen molar-refractivity contribution in [1.29, 1.82) is 0 Å². The Labute approximate surface area is 87.9 Å². The van der Waals surface area contributed by atoms with Crippen LogP contribution in [0.2, 0.25) is 0 Å². The van der Waals surface area contributed by atoms with E-state index in [9.17, 15) is 9.59 Å². The third-order valence-electron chi connectivity index (χ3n) is 2.48. The molecule has 2 rings (SSSR count). The molecule has 4 heteroatoms. The zero-order chi connectivity index (χ0) is 10.7. The molecule has 0 spiro atoms. The van der Waals surface area contributed by atoms with Crippen LogP contribution in [0.5, 0.6) is 0 Å². The van der Waals surface area contributed by atoms with Crippen molar-refractivity contribution in [2.75, 3.05) is 16.8 Å². The van der Waals surface area contributed by atoms with Crippen molar-refractivity contribution < 1.29 is 9.59 Å². The topological polar surface area (TPSA) is 49.4 Å². The summed E-state index contributed by atoms with van der Waals surface area (Å²) in [6.45, 7) is 0.791. The number of carbonyl (C=O) groups is 2. The van der Waals surface area contributed by atoms with Crippen LogP contribution in [0, 0.1) is 0 Å². The zero-order valence-electron chi connectivity index (χ0n) is 8.27. The first-order valence-corrected chi connectivity index (χ1v) is 4.92. The van der Waals surface area contributed by atoms with E-state index in [-0.39, 0.29) is 5.91 Å². The van der Waals surface area contributed by atoms with E-state index in [1.807, 2.05) is 12.1 Å². The maximum atomic E-state index is 11.4. The summed E-state index contributed by atoms with van der Waals surface area (Å²) in [6, 6.07) is 7.26. The Bertz CT molecular complexity index is 373. The van der Waals surface area contributed by atoms with Crippen LogP contribution in [0.4, 0.5) is 11.4 Å². The summed E-state index contributed by atoms with van der Waals surface area (Å²) < 4.78 is 0. The highest BCUT2D eigenvalue weighted by Crippen LogP contribution is 2.22. The van der Waals surface area contributed by atoms with Gasteiger partial charge in [0.1, 0.15) is 0 Å². The van der Waals surface area contributed by atoms with Gasteiger partial charge in [0.05, 0.1) is 0 Å². The van der Waals surface area contributed by atoms with Gasteiger partial charge in [0, 0.05) is 24.3 Å². The summed E-state index contributed by atoms with van der Waals surface area (Å²) >= 11 is 0. The van der Waals surface area contributed by atoms with E-state index in [1.165, 1.54) is 0 Å². The number of carbonyl (C=O) groups excluding carboxylic acids is 2. The number of nitrogens with one attached hydrogen (secondary N) is 1. The number of amides is 2. The van der Waals surface area contributed by atoms with Crippen LogP contribution in [-0.4, -0.2) is 18.9 Å². The molecular weight excluding hydrogens is 192 g/mol. The molecule has 4 nitrogen and oxygen atoms in total. The fraction of sp³-hybridized carbons (Fsp3) is 0.273. The third kappa shape index (κ3) is 1.98. The Hall–Kier alpha value is -1.84. The molecule has 1 aliphatic rings. The minimum atomic E-state index is 0.172. The molecule has 1 aromatic carbocycles. The van der Waals surface area contributed by atoms with Crippen molar-refractivity contribution in [2.24, 2.45) is 0 Å². The molecule has 1 N–H and O–H groups in total. The summed E-state index contributed by atoms with van der Waals surface area (Å²) in [5.74, 6) is 0.172. The maximum absolute atomic E-state index is 11.4. The van der Waals surface area contributed by atoms with Crippen LogP contribution in [0.3, 0.4) is 0 Å². The van der Waals surface area contributed by atoms with Crippen molar-refractivity contribution in [3.8, 4) is 0 Å². The van der Waals surface area contributed by atoms with E-state index < -0.39 is 0 Å². The van der Waals surface area contributed by atoms with Gasteiger partial charge in [-0.3, -0.25) is 9.59 Å². The summed E-state index contributed by atoms with van der Waals surface area (Å²) in [5.41, 5.74) is 1.63. The molecule has 15 heavy (non-hydrogen) atoms. The van der Waals surface area contributed by atoms with Gasteiger partial charge in [-0.15, -0.1) is 0 Å². The van der Waals surface area contributed by atoms with Crippen LogP contribution < -0.4 is 10.2 Å². The number of benzene rings is 1. The number of hydrogen-bond donors (Lipinski definition) is 1. The largest absolute Gasteiger partial charge is 0.329 e. The molecule has 1 fully saturated rings. The first-order valence-electron chi connectivity index (χ1n) is 4.92. The second-order valence-corrected chi connectivity index (χ2v) is 3.46. The molecule has 78 valence electrons. The second kappa shape index (κ2) is 4.13. The fourth-order valence-corrected chi connectivity index (χ4v) is 1.73. The Morgan fingerprint density at radius 3 is 2.53 bits per heavy atom. The summed E-state index contributed by atoms with van der Waals surface area (Å²) in [4.78, 5) is 23.4. The summed E-state index contributed by atoms with van der Waals surface area (Å²) in [6.07, 6.45) is 2.19. The molecule has 2 amide bonds. The third-order valence-corrected chi connectivity index (χ3v) is 2.48. The lowest BCUT2D eigenvalue weighted by atomic mass is 10.2. The molecule has 0 bridgehead atoms. The SMILES string of the molecule is O=CNc1ccc(N2CCCC2=O)cc1. The molecule has 0 radical (unpaired) electrons. The Morgan fingerprint density at radius 1 is 1.27 bits per heavy atom. The van der Waals surface area contributed by atoms with Gasteiger partial charge in [-0.1, -0.05) is 0 Å². The van der Waals surface area contributed by atoms with Gasteiger partial charge in [-0.05, 0) is 30.7 Å². The number of anilines is 2. The number of hydrogen-bond acceptors (Lipinski definition) is 2. The molecular formula is C11H12N2O2. The van der Waals surface area contributed by atoms with Gasteiger partial charge < -0.3 is 10.2 Å². The lowest BCUT2D eigenvalue weighted by Crippen LogP contribution is -2.23. The highest BCUT2D eigenvalue weighted by Gasteiger charge is 2.21. The lowest BCUT2D eigenvalue weighted by molar-refractivity contribution is -0.117. The Balaban J connectivity index is 2.15. The molecule has 0 unspecified atom stereocenters. The lowest BCUT2D eigenvalue weighted by Gasteiger charge is -2.15. The first-order chi connectivity index (χ1) is 7.31. The van der Waals surface area contributed by atoms with Crippen LogP contribution in [0.1, 0.15) is 12.8 Å². The predicted octanol–water partition coefficient (Wildman–Crippen LogP) is 1.38. The molecule has 0 saturated carbocycles. The first kappa shape index (κ1) is 9.71. The van der Waals surface area contributed by atoms with Crippen molar-refractivity contribution in [3.05, 3.63) is 24.3 Å². The van der Waals surface area contributed by atoms with E-state index in [2.05, 4.69) is 5.32 Å². The molecule has 0 atom stereocenters. The minimum absolute atomic E-state index is 0.172. The average molecular weight is 204 g/mol. The monoisotopic (exact) mass is 204 g/mol. The van der Waals surface area contributed by atoms with E-state index in [0.717, 1.165) is 24.3 Å². The molecule has 0 aromatic heterocycles. The highest BCUT2D eigenvalue weighted by atomic mass is 16.2. The van der Waals surface area contributed by atoms with Gasteiger partial charge in [-0.2, -0.15) is 0 Å². The number of nitrogens with zero attached hydrogens (tertiary/aromatic N) is 1. The van der Waals surface area contributed by atoms with E-state index in [0.29, 0.717) is 12.8 Å². The van der Waals surface area contributed by atoms with Crippen molar-refractivity contribution in [1.82, 2.24) is 0 Å². The summed E-state index contributed by atoms with van der Waals surface area (Å²) in [5, 5.41) is 2.55. The van der Waals surface area contributed by atoms with Crippen LogP contribution >= 0.6 is 0 Å². The van der Waals surface area contributed by atoms with E-state index >= 15 is 0 Å². The van der Waals surface area contributed by atoms with Crippen molar-refractivity contribution in [2.45, 2.75) is 12.8 Å². The van der Waals surface area contributed by atoms with Gasteiger partial charge in [0.2, 0.25) is 12.3 Å². The van der Waals surface area contributed by atoms with Crippen LogP contribution in [0.15, 0.2) is 24.3 Å². The van der Waals surface area contributed by atoms with Crippen molar-refractivity contribution >= 4 is 23.7 Å². The maximum Gasteiger partial charge on any atom is 0.227 e. The van der Waals surface area contributed by atoms with Gasteiger partial charge in [0.25, 0.3) is 0 Å². The normalized spacial score (nSPS) is 15.5. The van der Waals surface area contributed by atoms with Gasteiger partial charge >= 0.3 is 0 Å². The predicted molar refractivity (Wildman–Crippen MR) is 57.7 cm³/mol. The fourth-order valence-electron chi connectivity index (χ4n) is 1.73. The minimum Gasteiger partial charge on any atom is -0.329 e. The van der Waals surface area contributed by atoms with Gasteiger partial charge in [0.15, 0.2) is 0 Å². The smallest absolute Gasteiger partial charge is 0.227 e. The van der Waals surface area contributed by atoms with E-state index in [1.54, 1.807) is 17.0 Å². The van der Waals surface area contributed by atoms with Crippen LogP contribution in [0.25, 0.3) is 0 Å². The standard InChI is InChI=1S/C11H12N2O2/c14-8-12-9-3-5-10(6-4-9)13-7-1-2-11(13)15/h3-6,8H,1-2,7H2,(H,12,14). The number of rotatable bonds is 3. The molecule has 1 aliphatic heterocycles. The quantitative estimate of drug-likeness (QED) is 0.756. The zero-order valence-corrected chi connectivity index (χ0v) is 8.27. The summed E-state index contributed by atoms with van der Waals surface area (Å²) in [7, 11) is 0. The Kier molecular flexibility index (Phi) is 2.67. The molecule has 1 aromatic rings.